The number of fused-ring (bicyclic) bond motifs is 1. The maximum atomic E-state index is 11.2. The standard InChI is InChI=1S/C13H7Cl2N3O2/c14-7-4-8(15)6-9(5-7)18-12-10(2-1-3-16-12)11(17-18)13(19)20/h1-6H,(H,19,20). The minimum absolute atomic E-state index is 0.0656. The normalized spacial score (nSPS) is 10.9. The summed E-state index contributed by atoms with van der Waals surface area (Å²) in [5, 5.41) is 14.6. The number of pyridine rings is 1. The predicted octanol–water partition coefficient (Wildman–Crippen LogP) is 3.43. The Morgan fingerprint density at radius 1 is 1.20 bits per heavy atom. The number of carboxylic acids is 1. The molecular formula is C13H7Cl2N3O2. The van der Waals surface area contributed by atoms with E-state index in [2.05, 4.69) is 10.1 Å². The zero-order chi connectivity index (χ0) is 14.3. The second-order valence-corrected chi connectivity index (χ2v) is 4.94. The fourth-order valence-corrected chi connectivity index (χ4v) is 2.47. The van der Waals surface area contributed by atoms with Crippen molar-refractivity contribution in [3.63, 3.8) is 0 Å². The minimum Gasteiger partial charge on any atom is -0.476 e. The number of nitrogens with zero attached hydrogens (tertiary/aromatic N) is 3. The second-order valence-electron chi connectivity index (χ2n) is 4.07. The molecule has 0 spiro atoms. The number of carbonyl (C=O) groups is 1. The SMILES string of the molecule is O=C(O)c1nn(-c2cc(Cl)cc(Cl)c2)c2ncccc12. The first kappa shape index (κ1) is 12.9. The Kier molecular flexibility index (Phi) is 3.08. The van der Waals surface area contributed by atoms with E-state index in [1.807, 2.05) is 0 Å². The molecule has 1 N–H and O–H groups in total. The number of aromatic carboxylic acids is 1. The van der Waals surface area contributed by atoms with Gasteiger partial charge in [0.25, 0.3) is 0 Å². The van der Waals surface area contributed by atoms with Gasteiger partial charge in [0.1, 0.15) is 0 Å². The molecule has 0 aliphatic heterocycles. The molecule has 0 fully saturated rings. The monoisotopic (exact) mass is 307 g/mol. The highest BCUT2D eigenvalue weighted by molar-refractivity contribution is 6.34. The highest BCUT2D eigenvalue weighted by Gasteiger charge is 2.18. The fraction of sp³-hybridized carbons (Fsp3) is 0. The van der Waals surface area contributed by atoms with Crippen LogP contribution in [-0.2, 0) is 0 Å². The molecule has 0 amide bonds. The summed E-state index contributed by atoms with van der Waals surface area (Å²) in [6.07, 6.45) is 1.57. The lowest BCUT2D eigenvalue weighted by Crippen LogP contribution is -2.01. The zero-order valence-electron chi connectivity index (χ0n) is 9.92. The summed E-state index contributed by atoms with van der Waals surface area (Å²) in [6.45, 7) is 0. The van der Waals surface area contributed by atoms with Crippen LogP contribution >= 0.6 is 23.2 Å². The third-order valence-corrected chi connectivity index (χ3v) is 3.17. The molecule has 0 unspecified atom stereocenters. The summed E-state index contributed by atoms with van der Waals surface area (Å²) in [7, 11) is 0. The smallest absolute Gasteiger partial charge is 0.357 e. The lowest BCUT2D eigenvalue weighted by atomic mass is 10.2. The van der Waals surface area contributed by atoms with Gasteiger partial charge in [-0.05, 0) is 30.3 Å². The lowest BCUT2D eigenvalue weighted by molar-refractivity contribution is 0.0692. The van der Waals surface area contributed by atoms with Crippen molar-refractivity contribution in [1.82, 2.24) is 14.8 Å². The van der Waals surface area contributed by atoms with Crippen LogP contribution in [0.2, 0.25) is 10.0 Å². The van der Waals surface area contributed by atoms with Gasteiger partial charge in [-0.3, -0.25) is 0 Å². The van der Waals surface area contributed by atoms with Gasteiger partial charge < -0.3 is 5.11 Å². The van der Waals surface area contributed by atoms with Crippen molar-refractivity contribution < 1.29 is 9.90 Å². The van der Waals surface area contributed by atoms with Crippen LogP contribution in [0.25, 0.3) is 16.7 Å². The molecule has 0 saturated heterocycles. The van der Waals surface area contributed by atoms with Gasteiger partial charge in [0.15, 0.2) is 11.3 Å². The van der Waals surface area contributed by atoms with Crippen molar-refractivity contribution in [2.45, 2.75) is 0 Å². The van der Waals surface area contributed by atoms with Gasteiger partial charge in [-0.1, -0.05) is 23.2 Å². The molecule has 0 aliphatic rings. The Labute approximate surface area is 123 Å². The van der Waals surface area contributed by atoms with E-state index in [1.165, 1.54) is 4.68 Å². The first-order chi connectivity index (χ1) is 9.56. The van der Waals surface area contributed by atoms with Crippen molar-refractivity contribution in [1.29, 1.82) is 0 Å². The van der Waals surface area contributed by atoms with E-state index in [9.17, 15) is 9.90 Å². The van der Waals surface area contributed by atoms with E-state index in [4.69, 9.17) is 23.2 Å². The molecule has 5 nitrogen and oxygen atoms in total. The Morgan fingerprint density at radius 2 is 1.90 bits per heavy atom. The first-order valence-corrected chi connectivity index (χ1v) is 6.35. The van der Waals surface area contributed by atoms with Crippen LogP contribution in [0.3, 0.4) is 0 Å². The third-order valence-electron chi connectivity index (χ3n) is 2.74. The van der Waals surface area contributed by atoms with Gasteiger partial charge in [0.05, 0.1) is 11.1 Å². The average Bonchev–Trinajstić information content (AvgIpc) is 2.77. The molecule has 2 aromatic heterocycles. The van der Waals surface area contributed by atoms with Crippen molar-refractivity contribution in [3.05, 3.63) is 52.3 Å². The van der Waals surface area contributed by atoms with E-state index in [1.54, 1.807) is 36.5 Å². The van der Waals surface area contributed by atoms with Crippen LogP contribution in [0, 0.1) is 0 Å². The lowest BCUT2D eigenvalue weighted by Gasteiger charge is -2.04. The second kappa shape index (κ2) is 4.77. The molecule has 3 aromatic rings. The molecule has 1 aromatic carbocycles. The maximum absolute atomic E-state index is 11.2. The minimum atomic E-state index is -1.12. The van der Waals surface area contributed by atoms with Crippen LogP contribution in [0.5, 0.6) is 0 Å². The molecule has 20 heavy (non-hydrogen) atoms. The summed E-state index contributed by atoms with van der Waals surface area (Å²) < 4.78 is 1.41. The molecule has 0 aliphatic carbocycles. The van der Waals surface area contributed by atoms with Crippen LogP contribution in [0.4, 0.5) is 0 Å². The third kappa shape index (κ3) is 2.11. The van der Waals surface area contributed by atoms with Gasteiger partial charge in [-0.25, -0.2) is 14.5 Å². The highest BCUT2D eigenvalue weighted by Crippen LogP contribution is 2.25. The number of hydrogen-bond acceptors (Lipinski definition) is 3. The number of rotatable bonds is 2. The first-order valence-electron chi connectivity index (χ1n) is 5.60. The predicted molar refractivity (Wildman–Crippen MR) is 75.8 cm³/mol. The van der Waals surface area contributed by atoms with Crippen molar-refractivity contribution >= 4 is 40.2 Å². The quantitative estimate of drug-likeness (QED) is 0.787. The van der Waals surface area contributed by atoms with Crippen molar-refractivity contribution in [2.24, 2.45) is 0 Å². The summed E-state index contributed by atoms with van der Waals surface area (Å²) in [5.74, 6) is -1.12. The van der Waals surface area contributed by atoms with Gasteiger partial charge in [-0.2, -0.15) is 5.10 Å². The van der Waals surface area contributed by atoms with Crippen LogP contribution in [0.15, 0.2) is 36.5 Å². The Balaban J connectivity index is 2.33. The molecule has 0 atom stereocenters. The zero-order valence-corrected chi connectivity index (χ0v) is 11.4. The number of hydrogen-bond donors (Lipinski definition) is 1. The molecule has 2 heterocycles. The number of carboxylic acid groups (broad SMARTS) is 1. The average molecular weight is 308 g/mol. The Hall–Kier alpha value is -2.11. The highest BCUT2D eigenvalue weighted by atomic mass is 35.5. The number of halogens is 2. The van der Waals surface area contributed by atoms with Gasteiger partial charge in [0, 0.05) is 16.2 Å². The summed E-state index contributed by atoms with van der Waals surface area (Å²) >= 11 is 11.9. The Bertz CT molecular complexity index is 809. The summed E-state index contributed by atoms with van der Waals surface area (Å²) in [6, 6.07) is 8.18. The van der Waals surface area contributed by atoms with Gasteiger partial charge >= 0.3 is 5.97 Å². The van der Waals surface area contributed by atoms with E-state index in [0.29, 0.717) is 26.8 Å². The summed E-state index contributed by atoms with van der Waals surface area (Å²) in [4.78, 5) is 15.4. The van der Waals surface area contributed by atoms with Crippen LogP contribution in [0.1, 0.15) is 10.5 Å². The summed E-state index contributed by atoms with van der Waals surface area (Å²) in [5.41, 5.74) is 0.922. The molecule has 100 valence electrons. The molecule has 0 radical (unpaired) electrons. The van der Waals surface area contributed by atoms with E-state index in [0.717, 1.165) is 0 Å². The topological polar surface area (TPSA) is 68.0 Å². The van der Waals surface area contributed by atoms with Gasteiger partial charge in [0.2, 0.25) is 0 Å². The van der Waals surface area contributed by atoms with Crippen LogP contribution < -0.4 is 0 Å². The van der Waals surface area contributed by atoms with Gasteiger partial charge in [-0.15, -0.1) is 0 Å². The molecule has 0 saturated carbocycles. The number of aromatic nitrogens is 3. The van der Waals surface area contributed by atoms with Crippen molar-refractivity contribution in [2.75, 3.05) is 0 Å². The molecule has 3 rings (SSSR count). The molecular weight excluding hydrogens is 301 g/mol. The Morgan fingerprint density at radius 3 is 2.55 bits per heavy atom. The largest absolute Gasteiger partial charge is 0.476 e. The van der Waals surface area contributed by atoms with E-state index in [-0.39, 0.29) is 5.69 Å². The molecule has 0 bridgehead atoms. The van der Waals surface area contributed by atoms with E-state index >= 15 is 0 Å². The van der Waals surface area contributed by atoms with E-state index < -0.39 is 5.97 Å². The number of benzene rings is 1. The molecule has 7 heteroatoms. The fourth-order valence-electron chi connectivity index (χ4n) is 1.95. The van der Waals surface area contributed by atoms with Crippen LogP contribution in [-0.4, -0.2) is 25.8 Å². The van der Waals surface area contributed by atoms with Crippen molar-refractivity contribution in [3.8, 4) is 5.69 Å². The maximum Gasteiger partial charge on any atom is 0.357 e.